The Balaban J connectivity index is 2.16. The van der Waals surface area contributed by atoms with Gasteiger partial charge in [0.15, 0.2) is 5.82 Å². The molecule has 6 nitrogen and oxygen atoms in total. The summed E-state index contributed by atoms with van der Waals surface area (Å²) in [5.41, 5.74) is 5.76. The van der Waals surface area contributed by atoms with E-state index in [1.165, 1.54) is 0 Å². The molecule has 0 radical (unpaired) electrons. The molecule has 0 bridgehead atoms. The molecular weight excluding hydrogens is 242 g/mol. The number of anilines is 1. The van der Waals surface area contributed by atoms with Crippen LogP contribution in [0.5, 0.6) is 0 Å². The first kappa shape index (κ1) is 14.1. The molecule has 2 N–H and O–H groups in total. The van der Waals surface area contributed by atoms with E-state index >= 15 is 0 Å². The molecule has 1 unspecified atom stereocenters. The molecule has 19 heavy (non-hydrogen) atoms. The summed E-state index contributed by atoms with van der Waals surface area (Å²) in [4.78, 5) is 15.3. The Kier molecular flexibility index (Phi) is 4.66. The minimum atomic E-state index is -0.0999. The average molecular weight is 265 g/mol. The number of nitrogen functional groups attached to an aromatic ring is 1. The van der Waals surface area contributed by atoms with Crippen LogP contribution in [0.4, 0.5) is 5.95 Å². The zero-order valence-corrected chi connectivity index (χ0v) is 12.0. The molecule has 1 saturated heterocycles. The maximum absolute atomic E-state index is 5.78. The zero-order chi connectivity index (χ0) is 13.8. The van der Waals surface area contributed by atoms with Crippen LogP contribution in [0.2, 0.25) is 0 Å². The first-order valence-electron chi connectivity index (χ1n) is 6.96. The maximum atomic E-state index is 5.78. The van der Waals surface area contributed by atoms with Crippen molar-refractivity contribution < 1.29 is 4.74 Å². The van der Waals surface area contributed by atoms with E-state index in [0.717, 1.165) is 31.8 Å². The Morgan fingerprint density at radius 3 is 2.84 bits per heavy atom. The van der Waals surface area contributed by atoms with Crippen LogP contribution in [-0.2, 0) is 11.2 Å². The lowest BCUT2D eigenvalue weighted by Crippen LogP contribution is -2.42. The third kappa shape index (κ3) is 3.61. The topological polar surface area (TPSA) is 77.2 Å². The van der Waals surface area contributed by atoms with Gasteiger partial charge < -0.3 is 10.5 Å². The third-order valence-corrected chi connectivity index (χ3v) is 3.31. The standard InChI is InChI=1S/C13H23N5O/c1-4-5-11-15-12(17-13(14)16-11)10-8-18(9(2)3)6-7-19-10/h9-10H,4-8H2,1-3H3,(H2,14,15,16,17). The largest absolute Gasteiger partial charge is 0.368 e. The maximum Gasteiger partial charge on any atom is 0.223 e. The number of aromatic nitrogens is 3. The highest BCUT2D eigenvalue weighted by Gasteiger charge is 2.26. The van der Waals surface area contributed by atoms with Crippen LogP contribution in [0.25, 0.3) is 0 Å². The van der Waals surface area contributed by atoms with Crippen LogP contribution in [0.1, 0.15) is 44.9 Å². The van der Waals surface area contributed by atoms with Gasteiger partial charge in [-0.15, -0.1) is 0 Å². The first-order chi connectivity index (χ1) is 9.10. The van der Waals surface area contributed by atoms with Gasteiger partial charge in [-0.1, -0.05) is 6.92 Å². The Bertz CT molecular complexity index is 423. The molecule has 0 amide bonds. The van der Waals surface area contributed by atoms with Gasteiger partial charge in [-0.2, -0.15) is 9.97 Å². The highest BCUT2D eigenvalue weighted by atomic mass is 16.5. The fourth-order valence-corrected chi connectivity index (χ4v) is 2.23. The summed E-state index contributed by atoms with van der Waals surface area (Å²) in [7, 11) is 0. The number of ether oxygens (including phenoxy) is 1. The van der Waals surface area contributed by atoms with E-state index in [-0.39, 0.29) is 6.10 Å². The van der Waals surface area contributed by atoms with Gasteiger partial charge in [-0.05, 0) is 20.3 Å². The minimum Gasteiger partial charge on any atom is -0.368 e. The van der Waals surface area contributed by atoms with Crippen LogP contribution < -0.4 is 5.73 Å². The minimum absolute atomic E-state index is 0.0999. The van der Waals surface area contributed by atoms with Gasteiger partial charge in [0.25, 0.3) is 0 Å². The van der Waals surface area contributed by atoms with Crippen molar-refractivity contribution in [2.75, 3.05) is 25.4 Å². The van der Waals surface area contributed by atoms with Gasteiger partial charge in [-0.3, -0.25) is 4.90 Å². The Labute approximate surface area is 114 Å². The second-order valence-corrected chi connectivity index (χ2v) is 5.17. The van der Waals surface area contributed by atoms with Crippen molar-refractivity contribution in [2.24, 2.45) is 0 Å². The molecule has 0 saturated carbocycles. The summed E-state index contributed by atoms with van der Waals surface area (Å²) in [5.74, 6) is 1.72. The van der Waals surface area contributed by atoms with E-state index in [1.54, 1.807) is 0 Å². The lowest BCUT2D eigenvalue weighted by atomic mass is 10.2. The fraction of sp³-hybridized carbons (Fsp3) is 0.769. The van der Waals surface area contributed by atoms with Gasteiger partial charge in [0, 0.05) is 25.6 Å². The second kappa shape index (κ2) is 6.25. The normalized spacial score (nSPS) is 20.9. The van der Waals surface area contributed by atoms with Crippen LogP contribution in [0, 0.1) is 0 Å². The Morgan fingerprint density at radius 1 is 1.37 bits per heavy atom. The van der Waals surface area contributed by atoms with Crippen molar-refractivity contribution in [1.29, 1.82) is 0 Å². The second-order valence-electron chi connectivity index (χ2n) is 5.17. The molecule has 6 heteroatoms. The van der Waals surface area contributed by atoms with Crippen LogP contribution in [0.3, 0.4) is 0 Å². The molecule has 2 heterocycles. The van der Waals surface area contributed by atoms with E-state index in [9.17, 15) is 0 Å². The van der Waals surface area contributed by atoms with E-state index in [2.05, 4.69) is 40.6 Å². The third-order valence-electron chi connectivity index (χ3n) is 3.31. The molecule has 1 aliphatic heterocycles. The summed E-state index contributed by atoms with van der Waals surface area (Å²) >= 11 is 0. The molecule has 0 spiro atoms. The predicted octanol–water partition coefficient (Wildman–Crippen LogP) is 1.19. The summed E-state index contributed by atoms with van der Waals surface area (Å²) in [5, 5.41) is 0. The number of hydrogen-bond acceptors (Lipinski definition) is 6. The molecule has 1 aromatic heterocycles. The monoisotopic (exact) mass is 265 g/mol. The molecule has 0 aliphatic carbocycles. The molecule has 1 atom stereocenters. The van der Waals surface area contributed by atoms with Gasteiger partial charge in [0.05, 0.1) is 6.61 Å². The van der Waals surface area contributed by atoms with Gasteiger partial charge in [-0.25, -0.2) is 4.98 Å². The highest BCUT2D eigenvalue weighted by Crippen LogP contribution is 2.21. The van der Waals surface area contributed by atoms with Crippen molar-refractivity contribution in [2.45, 2.75) is 45.8 Å². The van der Waals surface area contributed by atoms with Crippen molar-refractivity contribution in [3.8, 4) is 0 Å². The number of nitrogens with zero attached hydrogens (tertiary/aromatic N) is 4. The van der Waals surface area contributed by atoms with Gasteiger partial charge in [0.2, 0.25) is 5.95 Å². The number of nitrogens with two attached hydrogens (primary N) is 1. The summed E-state index contributed by atoms with van der Waals surface area (Å²) in [6.45, 7) is 8.94. The van der Waals surface area contributed by atoms with E-state index in [1.807, 2.05) is 0 Å². The SMILES string of the molecule is CCCc1nc(N)nc(C2CN(C(C)C)CCO2)n1. The average Bonchev–Trinajstić information content (AvgIpc) is 2.38. The highest BCUT2D eigenvalue weighted by molar-refractivity contribution is 5.17. The first-order valence-corrected chi connectivity index (χ1v) is 6.96. The van der Waals surface area contributed by atoms with Crippen molar-refractivity contribution >= 4 is 5.95 Å². The van der Waals surface area contributed by atoms with Gasteiger partial charge >= 0.3 is 0 Å². The molecule has 2 rings (SSSR count). The predicted molar refractivity (Wildman–Crippen MR) is 73.6 cm³/mol. The summed E-state index contributed by atoms with van der Waals surface area (Å²) in [6, 6.07) is 0.501. The number of morpholine rings is 1. The fourth-order valence-electron chi connectivity index (χ4n) is 2.23. The lowest BCUT2D eigenvalue weighted by Gasteiger charge is -2.34. The van der Waals surface area contributed by atoms with Crippen LogP contribution >= 0.6 is 0 Å². The molecule has 1 fully saturated rings. The summed E-state index contributed by atoms with van der Waals surface area (Å²) < 4.78 is 5.78. The number of hydrogen-bond donors (Lipinski definition) is 1. The molecule has 1 aliphatic rings. The van der Waals surface area contributed by atoms with E-state index < -0.39 is 0 Å². The van der Waals surface area contributed by atoms with Crippen molar-refractivity contribution in [1.82, 2.24) is 19.9 Å². The number of aryl methyl sites for hydroxylation is 1. The molecule has 106 valence electrons. The summed E-state index contributed by atoms with van der Waals surface area (Å²) in [6.07, 6.45) is 1.71. The van der Waals surface area contributed by atoms with Crippen molar-refractivity contribution in [3.05, 3.63) is 11.6 Å². The van der Waals surface area contributed by atoms with Gasteiger partial charge in [0.1, 0.15) is 11.9 Å². The van der Waals surface area contributed by atoms with Crippen molar-refractivity contribution in [3.63, 3.8) is 0 Å². The smallest absolute Gasteiger partial charge is 0.223 e. The molecule has 1 aromatic rings. The van der Waals surface area contributed by atoms with Crippen LogP contribution in [0.15, 0.2) is 0 Å². The van der Waals surface area contributed by atoms with E-state index in [4.69, 9.17) is 10.5 Å². The Hall–Kier alpha value is -1.27. The Morgan fingerprint density at radius 2 is 2.16 bits per heavy atom. The van der Waals surface area contributed by atoms with Crippen LogP contribution in [-0.4, -0.2) is 45.6 Å². The number of rotatable bonds is 4. The quantitative estimate of drug-likeness (QED) is 0.881. The molecular formula is C13H23N5O. The zero-order valence-electron chi connectivity index (χ0n) is 12.0. The van der Waals surface area contributed by atoms with E-state index in [0.29, 0.717) is 24.4 Å². The molecule has 0 aromatic carbocycles. The lowest BCUT2D eigenvalue weighted by molar-refractivity contribution is -0.0444.